The Labute approximate surface area is 368 Å². The molecule has 3 aromatic carbocycles. The fourth-order valence-corrected chi connectivity index (χ4v) is 15.8. The molecular formula is C57H60N3OP. The van der Waals surface area contributed by atoms with Gasteiger partial charge in [0.15, 0.2) is 0 Å². The summed E-state index contributed by atoms with van der Waals surface area (Å²) in [5, 5.41) is 0. The Hall–Kier alpha value is -4.66. The lowest BCUT2D eigenvalue weighted by Crippen LogP contribution is -2.44. The Morgan fingerprint density at radius 2 is 0.581 bits per heavy atom. The van der Waals surface area contributed by atoms with Crippen LogP contribution in [0.25, 0.3) is 33.8 Å². The van der Waals surface area contributed by atoms with Crippen LogP contribution >= 0.6 is 7.14 Å². The summed E-state index contributed by atoms with van der Waals surface area (Å²) in [6.07, 6.45) is 14.8. The van der Waals surface area contributed by atoms with E-state index in [0.717, 1.165) is 33.8 Å². The van der Waals surface area contributed by atoms with E-state index in [-0.39, 0.29) is 32.5 Å². The molecule has 9 aliphatic carbocycles. The Balaban J connectivity index is 1.00. The van der Waals surface area contributed by atoms with Gasteiger partial charge in [-0.25, -0.2) is 15.0 Å². The SMILES string of the molecule is CC12CCC(C)(CC1)c1cc(-c3cccc(P(=O)(c4cccc(-c5ccc6c(c5)C5(C)CCC6(C)CC5)n4)c4cccc(-c5ccc6c(c5)C5(C)CCC6(C)CC5)n4)n3)ccc12. The molecule has 3 heterocycles. The first-order valence-corrected chi connectivity index (χ1v) is 25.3. The quantitative estimate of drug-likeness (QED) is 0.157. The molecule has 3 saturated carbocycles. The number of rotatable bonds is 6. The van der Waals surface area contributed by atoms with Crippen molar-refractivity contribution in [1.29, 1.82) is 0 Å². The van der Waals surface area contributed by atoms with E-state index in [9.17, 15) is 0 Å². The van der Waals surface area contributed by atoms with Gasteiger partial charge in [-0.15, -0.1) is 0 Å². The van der Waals surface area contributed by atoms with Crippen LogP contribution < -0.4 is 16.3 Å². The van der Waals surface area contributed by atoms with E-state index in [4.69, 9.17) is 15.0 Å². The van der Waals surface area contributed by atoms with Crippen LogP contribution in [-0.2, 0) is 37.1 Å². The number of nitrogens with zero attached hydrogens (tertiary/aromatic N) is 3. The fourth-order valence-electron chi connectivity index (χ4n) is 13.5. The monoisotopic (exact) mass is 833 g/mol. The molecule has 6 bridgehead atoms. The second-order valence-corrected chi connectivity index (χ2v) is 25.0. The lowest BCUT2D eigenvalue weighted by Gasteiger charge is -2.52. The molecule has 3 aromatic heterocycles. The van der Waals surface area contributed by atoms with Crippen LogP contribution in [0.5, 0.6) is 0 Å². The molecule has 62 heavy (non-hydrogen) atoms. The van der Waals surface area contributed by atoms with E-state index in [2.05, 4.69) is 114 Å². The Bertz CT molecular complexity index is 2590. The predicted molar refractivity (Wildman–Crippen MR) is 255 cm³/mol. The molecule has 0 atom stereocenters. The summed E-state index contributed by atoms with van der Waals surface area (Å²) in [6, 6.07) is 39.2. The van der Waals surface area contributed by atoms with Gasteiger partial charge in [0.2, 0.25) is 7.14 Å². The van der Waals surface area contributed by atoms with Crippen molar-refractivity contribution < 1.29 is 4.57 Å². The first-order chi connectivity index (χ1) is 29.6. The molecule has 0 radical (unpaired) electrons. The third-order valence-electron chi connectivity index (χ3n) is 18.4. The maximum atomic E-state index is 16.7. The maximum absolute atomic E-state index is 16.7. The summed E-state index contributed by atoms with van der Waals surface area (Å²) in [4.78, 5) is 16.1. The van der Waals surface area contributed by atoms with Crippen LogP contribution in [0.4, 0.5) is 0 Å². The van der Waals surface area contributed by atoms with E-state index in [1.165, 1.54) is 110 Å². The highest BCUT2D eigenvalue weighted by molar-refractivity contribution is 7.84. The number of benzene rings is 3. The number of hydrogen-bond acceptors (Lipinski definition) is 4. The summed E-state index contributed by atoms with van der Waals surface area (Å²) < 4.78 is 16.7. The van der Waals surface area contributed by atoms with Gasteiger partial charge in [-0.1, -0.05) is 96.1 Å². The fraction of sp³-hybridized carbons (Fsp3) is 0.421. The lowest BCUT2D eigenvalue weighted by molar-refractivity contribution is 0.188. The largest absolute Gasteiger partial charge is 0.304 e. The highest BCUT2D eigenvalue weighted by Crippen LogP contribution is 2.59. The number of aromatic nitrogens is 3. The Kier molecular flexibility index (Phi) is 8.15. The van der Waals surface area contributed by atoms with Gasteiger partial charge >= 0.3 is 0 Å². The van der Waals surface area contributed by atoms with E-state index >= 15 is 4.57 Å². The molecule has 0 saturated heterocycles. The molecule has 15 rings (SSSR count). The van der Waals surface area contributed by atoms with E-state index in [0.29, 0.717) is 16.3 Å². The van der Waals surface area contributed by atoms with Crippen LogP contribution in [0.2, 0.25) is 0 Å². The van der Waals surface area contributed by atoms with Gasteiger partial charge < -0.3 is 4.57 Å². The smallest absolute Gasteiger partial charge is 0.223 e. The van der Waals surface area contributed by atoms with Crippen LogP contribution in [0.3, 0.4) is 0 Å². The van der Waals surface area contributed by atoms with Crippen molar-refractivity contribution in [3.63, 3.8) is 0 Å². The molecule has 6 aromatic rings. The zero-order valence-electron chi connectivity index (χ0n) is 37.6. The van der Waals surface area contributed by atoms with Gasteiger partial charge in [0, 0.05) is 16.7 Å². The van der Waals surface area contributed by atoms with Crippen molar-refractivity contribution in [3.05, 3.63) is 143 Å². The maximum Gasteiger partial charge on any atom is 0.223 e. The van der Waals surface area contributed by atoms with E-state index in [1.807, 2.05) is 36.4 Å². The molecular weight excluding hydrogens is 774 g/mol. The molecule has 0 aliphatic heterocycles. The van der Waals surface area contributed by atoms with Gasteiger partial charge in [-0.2, -0.15) is 0 Å². The third kappa shape index (κ3) is 5.50. The second kappa shape index (κ2) is 13.0. The van der Waals surface area contributed by atoms with Crippen LogP contribution in [0.1, 0.15) is 152 Å². The highest BCUT2D eigenvalue weighted by atomic mass is 31.2. The minimum Gasteiger partial charge on any atom is -0.304 e. The van der Waals surface area contributed by atoms with Crippen molar-refractivity contribution in [1.82, 2.24) is 15.0 Å². The van der Waals surface area contributed by atoms with Gasteiger partial charge in [0.1, 0.15) is 16.3 Å². The normalized spacial score (nSPS) is 32.2. The standard InChI is InChI=1S/C57H60N3OP/c1-52-22-28-55(4,29-23-52)43-34-37(16-19-40(43)52)46-10-7-13-49(58-46)62(61,50-14-8-11-47(59-50)38-17-20-41-44(35-38)56(5)30-24-53(41,2)25-31-56)51-15-9-12-48(60-51)39-18-21-42-45(36-39)57(6)32-26-54(42,3)27-33-57/h7-21,34-36H,22-33H2,1-6H3. The molecule has 0 amide bonds. The average molecular weight is 834 g/mol. The van der Waals surface area contributed by atoms with E-state index in [1.54, 1.807) is 0 Å². The molecule has 0 unspecified atom stereocenters. The minimum atomic E-state index is -3.73. The van der Waals surface area contributed by atoms with Crippen molar-refractivity contribution in [2.45, 2.75) is 151 Å². The third-order valence-corrected chi connectivity index (χ3v) is 21.1. The van der Waals surface area contributed by atoms with Crippen LogP contribution in [-0.4, -0.2) is 15.0 Å². The van der Waals surface area contributed by atoms with Crippen molar-refractivity contribution >= 4 is 23.4 Å². The summed E-state index contributed by atoms with van der Waals surface area (Å²) in [5.41, 5.74) is 17.5. The Morgan fingerprint density at radius 1 is 0.339 bits per heavy atom. The van der Waals surface area contributed by atoms with Crippen LogP contribution in [0, 0.1) is 0 Å². The van der Waals surface area contributed by atoms with Gasteiger partial charge in [0.05, 0.1) is 17.1 Å². The molecule has 9 aliphatic rings. The summed E-state index contributed by atoms with van der Waals surface area (Å²) >= 11 is 0. The first kappa shape index (κ1) is 39.0. The molecule has 4 nitrogen and oxygen atoms in total. The lowest BCUT2D eigenvalue weighted by atomic mass is 9.52. The first-order valence-electron chi connectivity index (χ1n) is 23.6. The summed E-state index contributed by atoms with van der Waals surface area (Å²) in [5.74, 6) is 0. The van der Waals surface area contributed by atoms with Crippen LogP contribution in [0.15, 0.2) is 109 Å². The summed E-state index contributed by atoms with van der Waals surface area (Å²) in [7, 11) is -3.73. The molecule has 314 valence electrons. The second-order valence-electron chi connectivity index (χ2n) is 22.4. The topological polar surface area (TPSA) is 55.7 Å². The van der Waals surface area contributed by atoms with Gasteiger partial charge in [-0.3, -0.25) is 0 Å². The van der Waals surface area contributed by atoms with Gasteiger partial charge in [-0.05, 0) is 198 Å². The number of pyridine rings is 3. The van der Waals surface area contributed by atoms with Crippen molar-refractivity contribution in [3.8, 4) is 33.8 Å². The minimum absolute atomic E-state index is 0.182. The molecule has 3 fully saturated rings. The highest BCUT2D eigenvalue weighted by Gasteiger charge is 2.50. The number of hydrogen-bond donors (Lipinski definition) is 0. The molecule has 0 spiro atoms. The number of fused-ring (bicyclic) bond motifs is 6. The Morgan fingerprint density at radius 3 is 0.839 bits per heavy atom. The molecule has 5 heteroatoms. The summed E-state index contributed by atoms with van der Waals surface area (Å²) in [6.45, 7) is 14.7. The molecule has 0 N–H and O–H groups in total. The van der Waals surface area contributed by atoms with E-state index < -0.39 is 7.14 Å². The van der Waals surface area contributed by atoms with Crippen molar-refractivity contribution in [2.24, 2.45) is 0 Å². The van der Waals surface area contributed by atoms with Crippen molar-refractivity contribution in [2.75, 3.05) is 0 Å². The zero-order valence-corrected chi connectivity index (χ0v) is 38.5. The van der Waals surface area contributed by atoms with Gasteiger partial charge in [0.25, 0.3) is 0 Å². The average Bonchev–Trinajstić information content (AvgIpc) is 3.31. The zero-order chi connectivity index (χ0) is 42.5. The predicted octanol–water partition coefficient (Wildman–Crippen LogP) is 12.8.